The highest BCUT2D eigenvalue weighted by Gasteiger charge is 2.22. The van der Waals surface area contributed by atoms with Crippen molar-refractivity contribution in [2.75, 3.05) is 19.0 Å². The van der Waals surface area contributed by atoms with Crippen LogP contribution in [0.5, 0.6) is 0 Å². The zero-order valence-corrected chi connectivity index (χ0v) is 15.4. The summed E-state index contributed by atoms with van der Waals surface area (Å²) in [7, 11) is 1.68. The summed E-state index contributed by atoms with van der Waals surface area (Å²) in [5, 5.41) is 7.76. The number of methoxy groups -OCH3 is 1. The van der Waals surface area contributed by atoms with Gasteiger partial charge in [-0.1, -0.05) is 6.92 Å². The molecular formula is C19H22N6O. The number of nitrogens with one attached hydrogen (secondary N) is 1. The molecule has 1 N–H and O–H groups in total. The Hall–Kier alpha value is -2.80. The quantitative estimate of drug-likeness (QED) is 0.763. The summed E-state index contributed by atoms with van der Waals surface area (Å²) in [6, 6.07) is 6.21. The van der Waals surface area contributed by atoms with Crippen molar-refractivity contribution in [2.24, 2.45) is 4.99 Å². The number of aliphatic imine (C=N–C) groups is 1. The molecule has 7 heteroatoms. The minimum atomic E-state index is 0.135. The van der Waals surface area contributed by atoms with E-state index in [4.69, 9.17) is 9.72 Å². The van der Waals surface area contributed by atoms with Crippen molar-refractivity contribution in [3.63, 3.8) is 0 Å². The van der Waals surface area contributed by atoms with E-state index >= 15 is 0 Å². The van der Waals surface area contributed by atoms with Crippen molar-refractivity contribution in [2.45, 2.75) is 32.7 Å². The average Bonchev–Trinajstić information content (AvgIpc) is 3.16. The number of pyridine rings is 1. The van der Waals surface area contributed by atoms with E-state index in [-0.39, 0.29) is 12.0 Å². The Morgan fingerprint density at radius 3 is 2.96 bits per heavy atom. The van der Waals surface area contributed by atoms with Crippen LogP contribution in [-0.4, -0.2) is 45.1 Å². The van der Waals surface area contributed by atoms with Crippen molar-refractivity contribution in [3.05, 3.63) is 36.3 Å². The maximum absolute atomic E-state index is 5.14. The molecule has 0 bridgehead atoms. The van der Waals surface area contributed by atoms with Gasteiger partial charge in [0.1, 0.15) is 0 Å². The molecule has 1 aliphatic heterocycles. The zero-order valence-electron chi connectivity index (χ0n) is 15.4. The van der Waals surface area contributed by atoms with Gasteiger partial charge in [0.2, 0.25) is 5.95 Å². The van der Waals surface area contributed by atoms with Crippen molar-refractivity contribution >= 4 is 22.9 Å². The fourth-order valence-electron chi connectivity index (χ4n) is 3.21. The predicted molar refractivity (Wildman–Crippen MR) is 102 cm³/mol. The lowest BCUT2D eigenvalue weighted by molar-refractivity contribution is 0.190. The molecule has 1 unspecified atom stereocenters. The van der Waals surface area contributed by atoms with Crippen molar-refractivity contribution in [1.82, 2.24) is 19.6 Å². The molecule has 0 aliphatic carbocycles. The molecule has 0 aromatic carbocycles. The van der Waals surface area contributed by atoms with Gasteiger partial charge in [-0.25, -0.2) is 14.5 Å². The Bertz CT molecular complexity index is 993. The Balaban J connectivity index is 1.67. The summed E-state index contributed by atoms with van der Waals surface area (Å²) in [4.78, 5) is 13.9. The van der Waals surface area contributed by atoms with Crippen LogP contribution in [-0.2, 0) is 4.74 Å². The molecule has 3 aromatic heterocycles. The van der Waals surface area contributed by atoms with Gasteiger partial charge in [0.15, 0.2) is 0 Å². The number of ether oxygens (including phenoxy) is 1. The fraction of sp³-hybridized carbons (Fsp3) is 0.368. The predicted octanol–water partition coefficient (Wildman–Crippen LogP) is 3.45. The van der Waals surface area contributed by atoms with E-state index in [0.29, 0.717) is 12.6 Å². The van der Waals surface area contributed by atoms with Crippen LogP contribution in [0.1, 0.15) is 32.4 Å². The fourth-order valence-corrected chi connectivity index (χ4v) is 3.21. The van der Waals surface area contributed by atoms with E-state index in [1.807, 2.05) is 49.0 Å². The number of hydrogen-bond donors (Lipinski definition) is 1. The molecule has 26 heavy (non-hydrogen) atoms. The van der Waals surface area contributed by atoms with Gasteiger partial charge in [-0.05, 0) is 32.0 Å². The number of fused-ring (bicyclic) bond motifs is 2. The van der Waals surface area contributed by atoms with Gasteiger partial charge < -0.3 is 10.1 Å². The van der Waals surface area contributed by atoms with E-state index in [0.717, 1.165) is 33.9 Å². The van der Waals surface area contributed by atoms with Crippen molar-refractivity contribution in [1.29, 1.82) is 0 Å². The van der Waals surface area contributed by atoms with Crippen LogP contribution in [0.2, 0.25) is 0 Å². The standard InChI is InChI=1S/C19H22N6O/c1-11(10-26-4)21-19-20-9-17-14(7-8-25(17)24-19)15-5-6-16-18(23-15)12(2)13(3)22-16/h5-9,11-12H,10H2,1-4H3,(H,21,24)/t11-,12?/m1/s1. The Kier molecular flexibility index (Phi) is 4.16. The highest BCUT2D eigenvalue weighted by atomic mass is 16.5. The molecule has 134 valence electrons. The number of nitrogens with zero attached hydrogens (tertiary/aromatic N) is 5. The first-order valence-corrected chi connectivity index (χ1v) is 8.73. The molecule has 0 spiro atoms. The van der Waals surface area contributed by atoms with Crippen LogP contribution >= 0.6 is 0 Å². The van der Waals surface area contributed by atoms with Crippen molar-refractivity contribution < 1.29 is 4.74 Å². The summed E-state index contributed by atoms with van der Waals surface area (Å²) in [6.45, 7) is 6.81. The molecule has 0 radical (unpaired) electrons. The Labute approximate surface area is 152 Å². The first kappa shape index (κ1) is 16.7. The van der Waals surface area contributed by atoms with E-state index in [1.165, 1.54) is 0 Å². The smallest absolute Gasteiger partial charge is 0.241 e. The Morgan fingerprint density at radius 1 is 1.31 bits per heavy atom. The second-order valence-corrected chi connectivity index (χ2v) is 6.72. The van der Waals surface area contributed by atoms with Gasteiger partial charge in [-0.3, -0.25) is 4.99 Å². The van der Waals surface area contributed by atoms with Gasteiger partial charge in [-0.2, -0.15) is 0 Å². The van der Waals surface area contributed by atoms with E-state index in [2.05, 4.69) is 27.3 Å². The van der Waals surface area contributed by atoms with Gasteiger partial charge in [0, 0.05) is 36.5 Å². The molecule has 0 saturated heterocycles. The molecule has 0 saturated carbocycles. The average molecular weight is 350 g/mol. The van der Waals surface area contributed by atoms with Gasteiger partial charge in [0.05, 0.1) is 35.4 Å². The van der Waals surface area contributed by atoms with Crippen LogP contribution in [0, 0.1) is 0 Å². The van der Waals surface area contributed by atoms with E-state index < -0.39 is 0 Å². The van der Waals surface area contributed by atoms with Gasteiger partial charge >= 0.3 is 0 Å². The lowest BCUT2D eigenvalue weighted by atomic mass is 10.0. The third kappa shape index (κ3) is 2.84. The second-order valence-electron chi connectivity index (χ2n) is 6.72. The number of anilines is 1. The Morgan fingerprint density at radius 2 is 2.15 bits per heavy atom. The number of hydrogen-bond acceptors (Lipinski definition) is 6. The molecule has 7 nitrogen and oxygen atoms in total. The molecule has 0 fully saturated rings. The minimum Gasteiger partial charge on any atom is -0.383 e. The molecule has 4 rings (SSSR count). The van der Waals surface area contributed by atoms with Crippen LogP contribution < -0.4 is 5.32 Å². The molecule has 0 amide bonds. The van der Waals surface area contributed by atoms with Crippen molar-refractivity contribution in [3.8, 4) is 11.3 Å². The lowest BCUT2D eigenvalue weighted by Gasteiger charge is -2.12. The van der Waals surface area contributed by atoms with Crippen LogP contribution in [0.25, 0.3) is 16.8 Å². The summed E-state index contributed by atoms with van der Waals surface area (Å²) >= 11 is 0. The zero-order chi connectivity index (χ0) is 18.3. The number of aromatic nitrogens is 4. The summed E-state index contributed by atoms with van der Waals surface area (Å²) in [5.74, 6) is 0.830. The van der Waals surface area contributed by atoms with Crippen LogP contribution in [0.15, 0.2) is 35.6 Å². The SMILES string of the molecule is COC[C@@H](C)Nc1ncc2c(-c3ccc4c(n3)C(C)C(C)=N4)ccn2n1. The normalized spacial score (nSPS) is 17.2. The first-order chi connectivity index (χ1) is 12.6. The van der Waals surface area contributed by atoms with E-state index in [1.54, 1.807) is 7.11 Å². The third-order valence-corrected chi connectivity index (χ3v) is 4.72. The largest absolute Gasteiger partial charge is 0.383 e. The molecule has 3 aromatic rings. The van der Waals surface area contributed by atoms with Crippen LogP contribution in [0.4, 0.5) is 11.6 Å². The highest BCUT2D eigenvalue weighted by Crippen LogP contribution is 2.36. The van der Waals surface area contributed by atoms with Gasteiger partial charge in [0.25, 0.3) is 0 Å². The lowest BCUT2D eigenvalue weighted by Crippen LogP contribution is -2.22. The summed E-state index contributed by atoms with van der Waals surface area (Å²) in [6.07, 6.45) is 3.75. The minimum absolute atomic E-state index is 0.135. The van der Waals surface area contributed by atoms with E-state index in [9.17, 15) is 0 Å². The van der Waals surface area contributed by atoms with Gasteiger partial charge in [-0.15, -0.1) is 5.10 Å². The maximum atomic E-state index is 5.14. The molecular weight excluding hydrogens is 328 g/mol. The second kappa shape index (κ2) is 6.49. The summed E-state index contributed by atoms with van der Waals surface area (Å²) < 4.78 is 6.96. The summed E-state index contributed by atoms with van der Waals surface area (Å²) in [5.41, 5.74) is 5.96. The molecule has 2 atom stereocenters. The monoisotopic (exact) mass is 350 g/mol. The topological polar surface area (TPSA) is 76.7 Å². The van der Waals surface area contributed by atoms with Crippen LogP contribution in [0.3, 0.4) is 0 Å². The number of rotatable bonds is 5. The molecule has 1 aliphatic rings. The maximum Gasteiger partial charge on any atom is 0.241 e. The molecule has 4 heterocycles. The first-order valence-electron chi connectivity index (χ1n) is 8.73. The third-order valence-electron chi connectivity index (χ3n) is 4.72. The highest BCUT2D eigenvalue weighted by molar-refractivity contribution is 5.95.